The van der Waals surface area contributed by atoms with Gasteiger partial charge in [0.25, 0.3) is 5.91 Å². The van der Waals surface area contributed by atoms with Gasteiger partial charge >= 0.3 is 0 Å². The van der Waals surface area contributed by atoms with Gasteiger partial charge in [0.05, 0.1) is 0 Å². The lowest BCUT2D eigenvalue weighted by molar-refractivity contribution is -0.117. The molecular weight excluding hydrogens is 411 g/mol. The third-order valence-electron chi connectivity index (χ3n) is 6.45. The standard InChI is InChI=1S/C23H27FN6O2/c1-26-14-23(10-8-18(9-11-23)27-12-15-2-6-17(24)7-3-15)30-13-19(20(25)31)21(29-30)28-22(32)16-4-5-16/h2-3,6-7,13,16,18,27H,4-5,8-12,14H2,(H2,25,31)(H,28,29,32). The smallest absolute Gasteiger partial charge is 0.254 e. The summed E-state index contributed by atoms with van der Waals surface area (Å²) in [5.41, 5.74) is 6.16. The first-order valence-corrected chi connectivity index (χ1v) is 10.9. The van der Waals surface area contributed by atoms with Crippen LogP contribution in [0.5, 0.6) is 0 Å². The first-order valence-electron chi connectivity index (χ1n) is 10.9. The molecule has 2 saturated carbocycles. The summed E-state index contributed by atoms with van der Waals surface area (Å²) >= 11 is 0. The van der Waals surface area contributed by atoms with Crippen LogP contribution in [0.1, 0.15) is 54.4 Å². The third kappa shape index (κ3) is 4.81. The number of carbonyl (C=O) groups excluding carboxylic acids is 2. The first-order chi connectivity index (χ1) is 15.4. The largest absolute Gasteiger partial charge is 0.365 e. The van der Waals surface area contributed by atoms with E-state index in [1.54, 1.807) is 23.0 Å². The normalized spacial score (nSPS) is 22.8. The van der Waals surface area contributed by atoms with Crippen LogP contribution in [0.4, 0.5) is 10.2 Å². The zero-order valence-corrected chi connectivity index (χ0v) is 17.8. The maximum Gasteiger partial charge on any atom is 0.254 e. The van der Waals surface area contributed by atoms with Crippen molar-refractivity contribution in [1.29, 1.82) is 0 Å². The lowest BCUT2D eigenvalue weighted by atomic mass is 9.79. The second-order valence-corrected chi connectivity index (χ2v) is 8.79. The number of nitrogens with two attached hydrogens (primary N) is 1. The number of primary amides is 1. The van der Waals surface area contributed by atoms with E-state index >= 15 is 0 Å². The molecule has 0 saturated heterocycles. The van der Waals surface area contributed by atoms with E-state index in [-0.39, 0.29) is 41.6 Å². The molecule has 0 aliphatic heterocycles. The van der Waals surface area contributed by atoms with Crippen LogP contribution >= 0.6 is 0 Å². The molecule has 0 spiro atoms. The molecule has 0 unspecified atom stereocenters. The topological polar surface area (TPSA) is 106 Å². The Balaban J connectivity index is 1.46. The number of carbonyl (C=O) groups is 2. The Labute approximate surface area is 186 Å². The Morgan fingerprint density at radius 3 is 2.50 bits per heavy atom. The van der Waals surface area contributed by atoms with Crippen molar-refractivity contribution in [2.75, 3.05) is 11.9 Å². The van der Waals surface area contributed by atoms with Crippen molar-refractivity contribution in [3.8, 4) is 0 Å². The molecule has 9 heteroatoms. The molecule has 32 heavy (non-hydrogen) atoms. The molecule has 2 aliphatic rings. The van der Waals surface area contributed by atoms with Crippen LogP contribution in [0.25, 0.3) is 4.85 Å². The van der Waals surface area contributed by atoms with Crippen molar-refractivity contribution >= 4 is 17.6 Å². The zero-order valence-electron chi connectivity index (χ0n) is 17.8. The van der Waals surface area contributed by atoms with Gasteiger partial charge in [0, 0.05) is 24.7 Å². The number of anilines is 1. The minimum atomic E-state index is -0.657. The lowest BCUT2D eigenvalue weighted by Crippen LogP contribution is -2.45. The van der Waals surface area contributed by atoms with Crippen LogP contribution in [-0.2, 0) is 16.9 Å². The van der Waals surface area contributed by atoms with E-state index in [0.717, 1.165) is 31.2 Å². The number of aromatic nitrogens is 2. The fraction of sp³-hybridized carbons (Fsp3) is 0.478. The van der Waals surface area contributed by atoms with Crippen LogP contribution in [0.2, 0.25) is 0 Å². The Morgan fingerprint density at radius 1 is 1.22 bits per heavy atom. The van der Waals surface area contributed by atoms with Crippen LogP contribution in [-0.4, -0.2) is 34.2 Å². The van der Waals surface area contributed by atoms with Gasteiger partial charge in [-0.15, -0.1) is 0 Å². The van der Waals surface area contributed by atoms with E-state index < -0.39 is 11.4 Å². The highest BCUT2D eigenvalue weighted by atomic mass is 19.1. The summed E-state index contributed by atoms with van der Waals surface area (Å²) in [5.74, 6) is -0.908. The number of nitrogens with zero attached hydrogens (tertiary/aromatic N) is 3. The second kappa shape index (κ2) is 9.09. The van der Waals surface area contributed by atoms with Gasteiger partial charge in [0.1, 0.15) is 16.9 Å². The Morgan fingerprint density at radius 2 is 1.91 bits per heavy atom. The first kappa shape index (κ1) is 22.0. The molecule has 0 bridgehead atoms. The van der Waals surface area contributed by atoms with Crippen molar-refractivity contribution in [3.63, 3.8) is 0 Å². The number of hydrogen-bond donors (Lipinski definition) is 3. The molecule has 4 N–H and O–H groups in total. The van der Waals surface area contributed by atoms with Crippen molar-refractivity contribution in [3.05, 3.63) is 58.8 Å². The summed E-state index contributed by atoms with van der Waals surface area (Å²) in [4.78, 5) is 27.8. The van der Waals surface area contributed by atoms with E-state index in [0.29, 0.717) is 19.4 Å². The summed E-state index contributed by atoms with van der Waals surface area (Å²) < 4.78 is 14.8. The summed E-state index contributed by atoms with van der Waals surface area (Å²) in [7, 11) is 0. The average molecular weight is 439 g/mol. The third-order valence-corrected chi connectivity index (χ3v) is 6.45. The molecule has 168 valence electrons. The fourth-order valence-electron chi connectivity index (χ4n) is 4.28. The van der Waals surface area contributed by atoms with Gasteiger partial charge in [0.2, 0.25) is 12.5 Å². The molecule has 2 amide bonds. The van der Waals surface area contributed by atoms with Crippen LogP contribution in [0.3, 0.4) is 0 Å². The lowest BCUT2D eigenvalue weighted by Gasteiger charge is -2.37. The molecule has 2 fully saturated rings. The molecule has 1 aromatic carbocycles. The molecule has 0 radical (unpaired) electrons. The number of halogens is 1. The number of rotatable bonds is 8. The molecular formula is C23H27FN6O2. The van der Waals surface area contributed by atoms with Crippen molar-refractivity contribution < 1.29 is 14.0 Å². The van der Waals surface area contributed by atoms with Crippen LogP contribution in [0, 0.1) is 18.3 Å². The van der Waals surface area contributed by atoms with E-state index in [4.69, 9.17) is 12.3 Å². The summed E-state index contributed by atoms with van der Waals surface area (Å²) in [5, 5.41) is 10.8. The van der Waals surface area contributed by atoms with E-state index in [1.165, 1.54) is 12.1 Å². The average Bonchev–Trinajstić information content (AvgIpc) is 3.54. The molecule has 2 aliphatic carbocycles. The molecule has 0 atom stereocenters. The van der Waals surface area contributed by atoms with Crippen molar-refractivity contribution in [2.24, 2.45) is 11.7 Å². The van der Waals surface area contributed by atoms with E-state index in [2.05, 4.69) is 20.6 Å². The SMILES string of the molecule is [C-]#[N+]CC1(n2cc(C(N)=O)c(NC(=O)C3CC3)n2)CCC(NCc2ccc(F)cc2)CC1. The van der Waals surface area contributed by atoms with E-state index in [9.17, 15) is 14.0 Å². The molecule has 8 nitrogen and oxygen atoms in total. The predicted octanol–water partition coefficient (Wildman–Crippen LogP) is 2.82. The zero-order chi connectivity index (χ0) is 22.7. The monoisotopic (exact) mass is 438 g/mol. The van der Waals surface area contributed by atoms with Gasteiger partial charge < -0.3 is 21.2 Å². The quantitative estimate of drug-likeness (QED) is 0.551. The minimum Gasteiger partial charge on any atom is -0.365 e. The highest BCUT2D eigenvalue weighted by molar-refractivity contribution is 6.02. The molecule has 1 aromatic heterocycles. The van der Waals surface area contributed by atoms with Gasteiger partial charge in [-0.05, 0) is 56.2 Å². The maximum atomic E-state index is 13.1. The number of benzene rings is 1. The summed E-state index contributed by atoms with van der Waals surface area (Å²) in [6.07, 6.45) is 6.30. The van der Waals surface area contributed by atoms with Crippen molar-refractivity contribution in [2.45, 2.75) is 56.7 Å². The van der Waals surface area contributed by atoms with Gasteiger partial charge in [-0.2, -0.15) is 5.10 Å². The van der Waals surface area contributed by atoms with E-state index in [1.807, 2.05) is 0 Å². The molecule has 2 aromatic rings. The van der Waals surface area contributed by atoms with Gasteiger partial charge in [-0.3, -0.25) is 14.3 Å². The second-order valence-electron chi connectivity index (χ2n) is 8.79. The minimum absolute atomic E-state index is 0.0271. The summed E-state index contributed by atoms with van der Waals surface area (Å²) in [6.45, 7) is 8.35. The fourth-order valence-corrected chi connectivity index (χ4v) is 4.28. The molecule has 1 heterocycles. The summed E-state index contributed by atoms with van der Waals surface area (Å²) in [6, 6.07) is 6.69. The molecule has 4 rings (SSSR count). The van der Waals surface area contributed by atoms with Crippen LogP contribution < -0.4 is 16.4 Å². The maximum absolute atomic E-state index is 13.1. The number of hydrogen-bond acceptors (Lipinski definition) is 4. The van der Waals surface area contributed by atoms with Gasteiger partial charge in [-0.1, -0.05) is 12.1 Å². The highest BCUT2D eigenvalue weighted by Crippen LogP contribution is 2.37. The Hall–Kier alpha value is -3.25. The Kier molecular flexibility index (Phi) is 6.24. The Bertz CT molecular complexity index is 1030. The van der Waals surface area contributed by atoms with Crippen LogP contribution in [0.15, 0.2) is 30.5 Å². The van der Waals surface area contributed by atoms with Gasteiger partial charge in [0.15, 0.2) is 5.82 Å². The van der Waals surface area contributed by atoms with Gasteiger partial charge in [-0.25, -0.2) is 11.0 Å². The van der Waals surface area contributed by atoms with Crippen molar-refractivity contribution in [1.82, 2.24) is 15.1 Å². The number of amides is 2. The predicted molar refractivity (Wildman–Crippen MR) is 117 cm³/mol. The number of nitrogens with one attached hydrogen (secondary N) is 2. The highest BCUT2D eigenvalue weighted by Gasteiger charge is 2.42.